The molecule has 1 saturated heterocycles. The number of amides is 2. The fraction of sp³-hybridized carbons (Fsp3) is 0.467. The molecule has 4 nitrogen and oxygen atoms in total. The molecule has 1 aliphatic heterocycles. The van der Waals surface area contributed by atoms with Gasteiger partial charge in [0.1, 0.15) is 6.04 Å². The highest BCUT2D eigenvalue weighted by atomic mass is 79.9. The number of halogens is 1. The van der Waals surface area contributed by atoms with Gasteiger partial charge < -0.3 is 5.32 Å². The first-order valence-electron chi connectivity index (χ1n) is 6.86. The lowest BCUT2D eigenvalue weighted by molar-refractivity contribution is -0.139. The van der Waals surface area contributed by atoms with Gasteiger partial charge in [-0.3, -0.25) is 14.5 Å². The van der Waals surface area contributed by atoms with Crippen molar-refractivity contribution in [2.75, 3.05) is 5.32 Å². The lowest BCUT2D eigenvalue weighted by Gasteiger charge is -2.18. The van der Waals surface area contributed by atoms with E-state index in [2.05, 4.69) is 27.3 Å². The summed E-state index contributed by atoms with van der Waals surface area (Å²) in [5.41, 5.74) is 3.13. The largest absolute Gasteiger partial charge is 0.372 e. The van der Waals surface area contributed by atoms with Crippen LogP contribution in [0.3, 0.4) is 0 Å². The van der Waals surface area contributed by atoms with Gasteiger partial charge in [-0.05, 0) is 59.8 Å². The van der Waals surface area contributed by atoms with Crippen LogP contribution in [-0.4, -0.2) is 28.8 Å². The van der Waals surface area contributed by atoms with Crippen molar-refractivity contribution in [1.82, 2.24) is 4.90 Å². The van der Waals surface area contributed by atoms with E-state index in [4.69, 9.17) is 0 Å². The Bertz CT molecular complexity index is 573. The molecule has 1 saturated carbocycles. The highest BCUT2D eigenvalue weighted by Gasteiger charge is 2.46. The molecule has 106 valence electrons. The van der Waals surface area contributed by atoms with Crippen LogP contribution < -0.4 is 5.32 Å². The van der Waals surface area contributed by atoms with Crippen molar-refractivity contribution in [3.05, 3.63) is 27.7 Å². The van der Waals surface area contributed by atoms with Gasteiger partial charge in [0.15, 0.2) is 0 Å². The lowest BCUT2D eigenvalue weighted by atomic mass is 10.1. The summed E-state index contributed by atoms with van der Waals surface area (Å²) in [5, 5.41) is 3.24. The summed E-state index contributed by atoms with van der Waals surface area (Å²) >= 11 is 3.52. The number of carbonyl (C=O) groups is 2. The Morgan fingerprint density at radius 1 is 1.25 bits per heavy atom. The number of aryl methyl sites for hydroxylation is 2. The lowest BCUT2D eigenvalue weighted by Crippen LogP contribution is -2.36. The van der Waals surface area contributed by atoms with Gasteiger partial charge in [-0.15, -0.1) is 0 Å². The van der Waals surface area contributed by atoms with Crippen LogP contribution in [0.15, 0.2) is 16.6 Å². The Labute approximate surface area is 126 Å². The number of anilines is 1. The zero-order chi connectivity index (χ0) is 14.4. The van der Waals surface area contributed by atoms with Crippen molar-refractivity contribution in [3.8, 4) is 0 Å². The molecule has 2 fully saturated rings. The smallest absolute Gasteiger partial charge is 0.252 e. The van der Waals surface area contributed by atoms with Crippen molar-refractivity contribution in [3.63, 3.8) is 0 Å². The third-order valence-corrected chi connectivity index (χ3v) is 4.47. The zero-order valence-corrected chi connectivity index (χ0v) is 13.2. The van der Waals surface area contributed by atoms with E-state index in [9.17, 15) is 9.59 Å². The first-order valence-corrected chi connectivity index (χ1v) is 7.66. The maximum absolute atomic E-state index is 12.3. The fourth-order valence-electron chi connectivity index (χ4n) is 2.75. The second-order valence-electron chi connectivity index (χ2n) is 5.67. The predicted molar refractivity (Wildman–Crippen MR) is 80.5 cm³/mol. The molecule has 0 aromatic heterocycles. The van der Waals surface area contributed by atoms with Gasteiger partial charge in [-0.1, -0.05) is 6.07 Å². The van der Waals surface area contributed by atoms with Crippen LogP contribution in [0.2, 0.25) is 0 Å². The molecular formula is C15H17BrN2O2. The Kier molecular flexibility index (Phi) is 3.32. The number of hydrogen-bond acceptors (Lipinski definition) is 3. The van der Waals surface area contributed by atoms with Crippen LogP contribution in [0.25, 0.3) is 0 Å². The molecule has 2 aliphatic rings. The SMILES string of the molecule is Cc1cc(C)c(NC2CC(=O)N(C3CC3)C2=O)c(Br)c1. The summed E-state index contributed by atoms with van der Waals surface area (Å²) in [7, 11) is 0. The van der Waals surface area contributed by atoms with Crippen LogP contribution in [0.4, 0.5) is 5.69 Å². The van der Waals surface area contributed by atoms with Crippen LogP contribution >= 0.6 is 15.9 Å². The number of imide groups is 1. The summed E-state index contributed by atoms with van der Waals surface area (Å²) in [6, 6.07) is 3.80. The summed E-state index contributed by atoms with van der Waals surface area (Å²) in [5.74, 6) is -0.125. The van der Waals surface area contributed by atoms with Gasteiger partial charge in [0.25, 0.3) is 5.91 Å². The van der Waals surface area contributed by atoms with E-state index in [1.165, 1.54) is 4.90 Å². The molecular weight excluding hydrogens is 320 g/mol. The normalized spacial score (nSPS) is 22.6. The third kappa shape index (κ3) is 2.35. The highest BCUT2D eigenvalue weighted by molar-refractivity contribution is 9.10. The quantitative estimate of drug-likeness (QED) is 0.863. The van der Waals surface area contributed by atoms with Crippen molar-refractivity contribution < 1.29 is 9.59 Å². The number of nitrogens with one attached hydrogen (secondary N) is 1. The molecule has 1 aromatic rings. The number of rotatable bonds is 3. The average Bonchev–Trinajstić information content (AvgIpc) is 3.12. The molecule has 1 aromatic carbocycles. The molecule has 0 spiro atoms. The zero-order valence-electron chi connectivity index (χ0n) is 11.6. The van der Waals surface area contributed by atoms with E-state index in [1.54, 1.807) is 0 Å². The number of likely N-dealkylation sites (tertiary alicyclic amines) is 1. The minimum absolute atomic E-state index is 0.0455. The number of hydrogen-bond donors (Lipinski definition) is 1. The van der Waals surface area contributed by atoms with Crippen LogP contribution in [0.5, 0.6) is 0 Å². The molecule has 1 N–H and O–H groups in total. The summed E-state index contributed by atoms with van der Waals surface area (Å²) in [6.45, 7) is 4.03. The van der Waals surface area contributed by atoms with Gasteiger partial charge in [0.2, 0.25) is 5.91 Å². The predicted octanol–water partition coefficient (Wildman–Crippen LogP) is 2.77. The van der Waals surface area contributed by atoms with Gasteiger partial charge in [-0.25, -0.2) is 0 Å². The van der Waals surface area contributed by atoms with Crippen molar-refractivity contribution in [1.29, 1.82) is 0 Å². The average molecular weight is 337 g/mol. The van der Waals surface area contributed by atoms with E-state index < -0.39 is 6.04 Å². The molecule has 1 aliphatic carbocycles. The van der Waals surface area contributed by atoms with E-state index in [1.807, 2.05) is 19.9 Å². The van der Waals surface area contributed by atoms with Crippen LogP contribution in [0.1, 0.15) is 30.4 Å². The van der Waals surface area contributed by atoms with E-state index in [-0.39, 0.29) is 24.3 Å². The minimum atomic E-state index is -0.430. The monoisotopic (exact) mass is 336 g/mol. The molecule has 0 bridgehead atoms. The van der Waals surface area contributed by atoms with Gasteiger partial charge in [0, 0.05) is 10.5 Å². The van der Waals surface area contributed by atoms with Gasteiger partial charge >= 0.3 is 0 Å². The van der Waals surface area contributed by atoms with Crippen molar-refractivity contribution >= 4 is 33.4 Å². The van der Waals surface area contributed by atoms with E-state index >= 15 is 0 Å². The summed E-state index contributed by atoms with van der Waals surface area (Å²) < 4.78 is 0.931. The standard InChI is InChI=1S/C15H17BrN2O2/c1-8-5-9(2)14(11(16)6-8)17-12-7-13(19)18(15(12)20)10-3-4-10/h5-6,10,12,17H,3-4,7H2,1-2H3. The third-order valence-electron chi connectivity index (χ3n) is 3.85. The summed E-state index contributed by atoms with van der Waals surface area (Å²) in [4.78, 5) is 25.7. The number of nitrogens with zero attached hydrogens (tertiary/aromatic N) is 1. The second-order valence-corrected chi connectivity index (χ2v) is 6.53. The van der Waals surface area contributed by atoms with Crippen molar-refractivity contribution in [2.45, 2.75) is 45.2 Å². The number of carbonyl (C=O) groups excluding carboxylic acids is 2. The maximum atomic E-state index is 12.3. The Hall–Kier alpha value is -1.36. The Morgan fingerprint density at radius 3 is 2.55 bits per heavy atom. The van der Waals surface area contributed by atoms with Crippen molar-refractivity contribution in [2.24, 2.45) is 0 Å². The second kappa shape index (κ2) is 4.88. The van der Waals surface area contributed by atoms with E-state index in [0.29, 0.717) is 0 Å². The molecule has 5 heteroatoms. The minimum Gasteiger partial charge on any atom is -0.372 e. The van der Waals surface area contributed by atoms with Crippen LogP contribution in [0, 0.1) is 13.8 Å². The Balaban J connectivity index is 1.82. The number of benzene rings is 1. The topological polar surface area (TPSA) is 49.4 Å². The molecule has 0 radical (unpaired) electrons. The van der Waals surface area contributed by atoms with Gasteiger partial charge in [-0.2, -0.15) is 0 Å². The van der Waals surface area contributed by atoms with Gasteiger partial charge in [0.05, 0.1) is 12.1 Å². The maximum Gasteiger partial charge on any atom is 0.252 e. The molecule has 1 heterocycles. The molecule has 1 unspecified atom stereocenters. The molecule has 20 heavy (non-hydrogen) atoms. The highest BCUT2D eigenvalue weighted by Crippen LogP contribution is 2.34. The fourth-order valence-corrected chi connectivity index (χ4v) is 3.54. The summed E-state index contributed by atoms with van der Waals surface area (Å²) in [6.07, 6.45) is 2.17. The molecule has 1 atom stereocenters. The Morgan fingerprint density at radius 2 is 1.95 bits per heavy atom. The first-order chi connectivity index (χ1) is 9.47. The molecule has 2 amide bonds. The first kappa shape index (κ1) is 13.6. The van der Waals surface area contributed by atoms with E-state index in [0.717, 1.165) is 34.1 Å². The van der Waals surface area contributed by atoms with Crippen LogP contribution in [-0.2, 0) is 9.59 Å². The molecule has 3 rings (SSSR count).